The smallest absolute Gasteiger partial charge is 0.234 e. The number of piperazine rings is 1. The normalized spacial score (nSPS) is 15.8. The van der Waals surface area contributed by atoms with Gasteiger partial charge in [-0.25, -0.2) is 9.97 Å². The van der Waals surface area contributed by atoms with Crippen molar-refractivity contribution >= 4 is 11.9 Å². The minimum Gasteiger partial charge on any atom is -0.352 e. The Balaban J connectivity index is 1.85. The van der Waals surface area contributed by atoms with Crippen LogP contribution in [0.25, 0.3) is 0 Å². The number of hydrogen-bond acceptors (Lipinski definition) is 5. The Morgan fingerprint density at radius 3 is 2.48 bits per heavy atom. The molecule has 21 heavy (non-hydrogen) atoms. The maximum Gasteiger partial charge on any atom is 0.234 e. The van der Waals surface area contributed by atoms with Crippen molar-refractivity contribution in [3.63, 3.8) is 0 Å². The Labute approximate surface area is 125 Å². The van der Waals surface area contributed by atoms with Crippen LogP contribution < -0.4 is 10.2 Å². The molecule has 1 saturated heterocycles. The molecule has 0 aliphatic carbocycles. The standard InChI is InChI=1S/C15H23N5O/c1-4-5-16-14(21)11-19-6-8-20(9-7-19)15-17-12(2)10-13(3)18-15/h4,10H,1,5-9,11H2,2-3H3,(H,16,21). The zero-order valence-corrected chi connectivity index (χ0v) is 12.8. The number of rotatable bonds is 5. The first-order valence-corrected chi connectivity index (χ1v) is 7.25. The number of hydrogen-bond donors (Lipinski definition) is 1. The quantitative estimate of drug-likeness (QED) is 0.801. The van der Waals surface area contributed by atoms with E-state index in [2.05, 4.69) is 31.7 Å². The molecule has 6 nitrogen and oxygen atoms in total. The Bertz CT molecular complexity index is 489. The molecule has 0 spiro atoms. The van der Waals surface area contributed by atoms with Gasteiger partial charge in [-0.05, 0) is 19.9 Å². The summed E-state index contributed by atoms with van der Waals surface area (Å²) < 4.78 is 0. The van der Waals surface area contributed by atoms with Crippen LogP contribution in [0.2, 0.25) is 0 Å². The maximum absolute atomic E-state index is 11.7. The summed E-state index contributed by atoms with van der Waals surface area (Å²) in [5.74, 6) is 0.842. The van der Waals surface area contributed by atoms with Gasteiger partial charge in [-0.1, -0.05) is 6.08 Å². The van der Waals surface area contributed by atoms with Crippen molar-refractivity contribution in [3.05, 3.63) is 30.1 Å². The van der Waals surface area contributed by atoms with Gasteiger partial charge >= 0.3 is 0 Å². The van der Waals surface area contributed by atoms with E-state index in [-0.39, 0.29) is 5.91 Å². The molecule has 0 bridgehead atoms. The van der Waals surface area contributed by atoms with Crippen LogP contribution in [0.4, 0.5) is 5.95 Å². The third kappa shape index (κ3) is 4.53. The number of anilines is 1. The predicted molar refractivity (Wildman–Crippen MR) is 83.4 cm³/mol. The molecule has 6 heteroatoms. The van der Waals surface area contributed by atoms with Gasteiger partial charge in [-0.15, -0.1) is 6.58 Å². The van der Waals surface area contributed by atoms with E-state index in [1.807, 2.05) is 19.9 Å². The number of aromatic nitrogens is 2. The summed E-state index contributed by atoms with van der Waals surface area (Å²) in [6, 6.07) is 1.98. The van der Waals surface area contributed by atoms with Gasteiger partial charge in [-0.2, -0.15) is 0 Å². The molecule has 1 N–H and O–H groups in total. The Kier molecular flexibility index (Phi) is 5.27. The number of amides is 1. The molecule has 2 rings (SSSR count). The molecule has 1 aromatic rings. The average molecular weight is 289 g/mol. The van der Waals surface area contributed by atoms with E-state index in [1.54, 1.807) is 6.08 Å². The first kappa shape index (κ1) is 15.4. The van der Waals surface area contributed by atoms with Crippen molar-refractivity contribution in [3.8, 4) is 0 Å². The first-order valence-electron chi connectivity index (χ1n) is 7.25. The van der Waals surface area contributed by atoms with Crippen molar-refractivity contribution in [1.82, 2.24) is 20.2 Å². The summed E-state index contributed by atoms with van der Waals surface area (Å²) in [4.78, 5) is 25.0. The number of nitrogens with zero attached hydrogens (tertiary/aromatic N) is 4. The van der Waals surface area contributed by atoms with Crippen LogP contribution in [-0.4, -0.2) is 60.0 Å². The van der Waals surface area contributed by atoms with Crippen LogP contribution in [0, 0.1) is 13.8 Å². The average Bonchev–Trinajstić information content (AvgIpc) is 2.45. The zero-order valence-electron chi connectivity index (χ0n) is 12.8. The van der Waals surface area contributed by atoms with Crippen molar-refractivity contribution in [2.75, 3.05) is 44.2 Å². The number of carbonyl (C=O) groups excluding carboxylic acids is 1. The van der Waals surface area contributed by atoms with Gasteiger partial charge in [-0.3, -0.25) is 9.69 Å². The number of carbonyl (C=O) groups is 1. The molecule has 0 unspecified atom stereocenters. The summed E-state index contributed by atoms with van der Waals surface area (Å²) in [6.07, 6.45) is 1.69. The van der Waals surface area contributed by atoms with Gasteiger partial charge in [0.1, 0.15) is 0 Å². The van der Waals surface area contributed by atoms with Crippen LogP contribution >= 0.6 is 0 Å². The highest BCUT2D eigenvalue weighted by atomic mass is 16.2. The summed E-state index contributed by atoms with van der Waals surface area (Å²) in [7, 11) is 0. The zero-order chi connectivity index (χ0) is 15.2. The molecule has 1 aliphatic heterocycles. The molecule has 1 fully saturated rings. The van der Waals surface area contributed by atoms with Crippen LogP contribution in [0.15, 0.2) is 18.7 Å². The van der Waals surface area contributed by atoms with Crippen molar-refractivity contribution < 1.29 is 4.79 Å². The van der Waals surface area contributed by atoms with Gasteiger partial charge < -0.3 is 10.2 Å². The van der Waals surface area contributed by atoms with E-state index in [9.17, 15) is 4.79 Å². The Morgan fingerprint density at radius 1 is 1.29 bits per heavy atom. The number of aryl methyl sites for hydroxylation is 2. The topological polar surface area (TPSA) is 61.4 Å². The fourth-order valence-electron chi connectivity index (χ4n) is 2.40. The van der Waals surface area contributed by atoms with Gasteiger partial charge in [0.2, 0.25) is 11.9 Å². The minimum atomic E-state index is 0.0472. The number of nitrogens with one attached hydrogen (secondary N) is 1. The van der Waals surface area contributed by atoms with E-state index in [4.69, 9.17) is 0 Å². The van der Waals surface area contributed by atoms with E-state index in [0.717, 1.165) is 43.5 Å². The highest BCUT2D eigenvalue weighted by Crippen LogP contribution is 2.12. The van der Waals surface area contributed by atoms with Crippen LogP contribution in [0.1, 0.15) is 11.4 Å². The first-order chi connectivity index (χ1) is 10.1. The van der Waals surface area contributed by atoms with E-state index >= 15 is 0 Å². The van der Waals surface area contributed by atoms with E-state index < -0.39 is 0 Å². The van der Waals surface area contributed by atoms with Gasteiger partial charge in [0, 0.05) is 44.1 Å². The third-order valence-electron chi connectivity index (χ3n) is 3.44. The molecule has 1 amide bonds. The van der Waals surface area contributed by atoms with Crippen molar-refractivity contribution in [2.45, 2.75) is 13.8 Å². The van der Waals surface area contributed by atoms with Crippen LogP contribution in [-0.2, 0) is 4.79 Å². The van der Waals surface area contributed by atoms with Crippen LogP contribution in [0.3, 0.4) is 0 Å². The van der Waals surface area contributed by atoms with E-state index in [0.29, 0.717) is 13.1 Å². The van der Waals surface area contributed by atoms with Crippen LogP contribution in [0.5, 0.6) is 0 Å². The summed E-state index contributed by atoms with van der Waals surface area (Å²) in [6.45, 7) is 11.9. The highest BCUT2D eigenvalue weighted by molar-refractivity contribution is 5.78. The maximum atomic E-state index is 11.7. The third-order valence-corrected chi connectivity index (χ3v) is 3.44. The summed E-state index contributed by atoms with van der Waals surface area (Å²) in [5.41, 5.74) is 1.98. The van der Waals surface area contributed by atoms with Gasteiger partial charge in [0.25, 0.3) is 0 Å². The molecule has 0 aromatic carbocycles. The SMILES string of the molecule is C=CCNC(=O)CN1CCN(c2nc(C)cc(C)n2)CC1. The largest absolute Gasteiger partial charge is 0.352 e. The molecule has 1 aliphatic rings. The molecule has 0 radical (unpaired) electrons. The Morgan fingerprint density at radius 2 is 1.90 bits per heavy atom. The molecular weight excluding hydrogens is 266 g/mol. The minimum absolute atomic E-state index is 0.0472. The predicted octanol–water partition coefficient (Wildman–Crippen LogP) is 0.518. The molecular formula is C15H23N5O. The molecule has 114 valence electrons. The lowest BCUT2D eigenvalue weighted by molar-refractivity contribution is -0.122. The summed E-state index contributed by atoms with van der Waals surface area (Å²) >= 11 is 0. The fourth-order valence-corrected chi connectivity index (χ4v) is 2.40. The lowest BCUT2D eigenvalue weighted by Gasteiger charge is -2.34. The van der Waals surface area contributed by atoms with Crippen molar-refractivity contribution in [1.29, 1.82) is 0 Å². The van der Waals surface area contributed by atoms with E-state index in [1.165, 1.54) is 0 Å². The lowest BCUT2D eigenvalue weighted by atomic mass is 10.3. The second-order valence-corrected chi connectivity index (χ2v) is 5.31. The molecule has 1 aromatic heterocycles. The monoisotopic (exact) mass is 289 g/mol. The second kappa shape index (κ2) is 7.17. The summed E-state index contributed by atoms with van der Waals surface area (Å²) in [5, 5.41) is 2.80. The molecule has 0 saturated carbocycles. The second-order valence-electron chi connectivity index (χ2n) is 5.31. The molecule has 2 heterocycles. The Hall–Kier alpha value is -1.95. The molecule has 0 atom stereocenters. The fraction of sp³-hybridized carbons (Fsp3) is 0.533. The lowest BCUT2D eigenvalue weighted by Crippen LogP contribution is -2.50. The van der Waals surface area contributed by atoms with Gasteiger partial charge in [0.15, 0.2) is 0 Å². The van der Waals surface area contributed by atoms with Gasteiger partial charge in [0.05, 0.1) is 6.54 Å². The van der Waals surface area contributed by atoms with Crippen molar-refractivity contribution in [2.24, 2.45) is 0 Å². The highest BCUT2D eigenvalue weighted by Gasteiger charge is 2.20.